The van der Waals surface area contributed by atoms with Crippen molar-refractivity contribution in [2.75, 3.05) is 13.2 Å². The zero-order chi connectivity index (χ0) is 10.5. The maximum Gasteiger partial charge on any atom is 0.310 e. The summed E-state index contributed by atoms with van der Waals surface area (Å²) in [6.45, 7) is 1.44. The molecule has 0 spiro atoms. The van der Waals surface area contributed by atoms with Crippen molar-refractivity contribution in [1.29, 1.82) is 0 Å². The Hall–Kier alpha value is -0.570. The monoisotopic (exact) mass is 210 g/mol. The molecule has 3 nitrogen and oxygen atoms in total. The number of aliphatic carboxylic acids is 1. The lowest BCUT2D eigenvalue weighted by Crippen LogP contribution is -2.43. The molecule has 0 aromatic heterocycles. The smallest absolute Gasteiger partial charge is 0.310 e. The highest BCUT2D eigenvalue weighted by Crippen LogP contribution is 2.60. The topological polar surface area (TPSA) is 46.5 Å². The van der Waals surface area contributed by atoms with Crippen molar-refractivity contribution in [1.82, 2.24) is 0 Å². The quantitative estimate of drug-likeness (QED) is 0.757. The second-order valence-electron chi connectivity index (χ2n) is 5.49. The first-order chi connectivity index (χ1) is 7.23. The van der Waals surface area contributed by atoms with Crippen LogP contribution in [0.15, 0.2) is 0 Å². The molecular formula is C12H18O3. The zero-order valence-corrected chi connectivity index (χ0v) is 8.95. The van der Waals surface area contributed by atoms with Crippen molar-refractivity contribution < 1.29 is 14.6 Å². The van der Waals surface area contributed by atoms with Crippen LogP contribution in [0.25, 0.3) is 0 Å². The second kappa shape index (κ2) is 3.21. The van der Waals surface area contributed by atoms with Gasteiger partial charge in [-0.2, -0.15) is 0 Å². The maximum absolute atomic E-state index is 11.6. The molecule has 1 heterocycles. The summed E-state index contributed by atoms with van der Waals surface area (Å²) in [7, 11) is 0. The lowest BCUT2D eigenvalue weighted by Gasteiger charge is -2.38. The third-order valence-electron chi connectivity index (χ3n) is 4.95. The van der Waals surface area contributed by atoms with Crippen LogP contribution in [0.1, 0.15) is 32.1 Å². The molecule has 3 heteroatoms. The number of fused-ring (bicyclic) bond motifs is 2. The molecule has 4 atom stereocenters. The summed E-state index contributed by atoms with van der Waals surface area (Å²) in [5.74, 6) is 0.855. The van der Waals surface area contributed by atoms with Crippen LogP contribution >= 0.6 is 0 Å². The van der Waals surface area contributed by atoms with Gasteiger partial charge in [-0.25, -0.2) is 0 Å². The predicted octanol–water partition coefficient (Wildman–Crippen LogP) is 1.91. The first kappa shape index (κ1) is 9.64. The lowest BCUT2D eigenvalue weighted by molar-refractivity contribution is -0.157. The molecule has 2 bridgehead atoms. The molecule has 3 fully saturated rings. The Morgan fingerprint density at radius 1 is 1.27 bits per heavy atom. The van der Waals surface area contributed by atoms with E-state index in [1.165, 1.54) is 6.42 Å². The fraction of sp³-hybridized carbons (Fsp3) is 0.917. The molecule has 0 radical (unpaired) electrons. The van der Waals surface area contributed by atoms with E-state index in [1.807, 2.05) is 0 Å². The standard InChI is InChI=1S/C12H18O3/c13-11(14)12(10-3-4-15-7-10)6-8-1-2-9(12)5-8/h8-10H,1-7H2,(H,13,14). The molecule has 3 aliphatic rings. The van der Waals surface area contributed by atoms with Crippen LogP contribution in [0.2, 0.25) is 0 Å². The Morgan fingerprint density at radius 3 is 2.60 bits per heavy atom. The molecule has 0 amide bonds. The number of ether oxygens (including phenoxy) is 1. The van der Waals surface area contributed by atoms with E-state index in [0.717, 1.165) is 32.3 Å². The van der Waals surface area contributed by atoms with Crippen molar-refractivity contribution in [3.8, 4) is 0 Å². The van der Waals surface area contributed by atoms with Crippen LogP contribution in [0.3, 0.4) is 0 Å². The molecule has 2 saturated carbocycles. The van der Waals surface area contributed by atoms with Crippen LogP contribution in [0.4, 0.5) is 0 Å². The van der Waals surface area contributed by atoms with Crippen LogP contribution < -0.4 is 0 Å². The highest BCUT2D eigenvalue weighted by molar-refractivity contribution is 5.76. The predicted molar refractivity (Wildman–Crippen MR) is 54.4 cm³/mol. The third-order valence-corrected chi connectivity index (χ3v) is 4.95. The van der Waals surface area contributed by atoms with Crippen LogP contribution in [-0.2, 0) is 9.53 Å². The number of carbonyl (C=O) groups is 1. The Balaban J connectivity index is 1.92. The number of hydrogen-bond acceptors (Lipinski definition) is 2. The average Bonchev–Trinajstić information content (AvgIpc) is 2.93. The van der Waals surface area contributed by atoms with E-state index in [0.29, 0.717) is 18.4 Å². The molecule has 1 aliphatic heterocycles. The van der Waals surface area contributed by atoms with Crippen molar-refractivity contribution >= 4 is 5.97 Å². The Bertz CT molecular complexity index is 283. The van der Waals surface area contributed by atoms with E-state index >= 15 is 0 Å². The molecule has 15 heavy (non-hydrogen) atoms. The first-order valence-corrected chi connectivity index (χ1v) is 6.04. The second-order valence-corrected chi connectivity index (χ2v) is 5.49. The van der Waals surface area contributed by atoms with Crippen molar-refractivity contribution in [2.24, 2.45) is 23.2 Å². The summed E-state index contributed by atoms with van der Waals surface area (Å²) in [4.78, 5) is 11.6. The van der Waals surface area contributed by atoms with Crippen LogP contribution in [0.5, 0.6) is 0 Å². The van der Waals surface area contributed by atoms with E-state index in [9.17, 15) is 9.90 Å². The maximum atomic E-state index is 11.6. The summed E-state index contributed by atoms with van der Waals surface area (Å²) >= 11 is 0. The van der Waals surface area contributed by atoms with Gasteiger partial charge in [0, 0.05) is 12.5 Å². The van der Waals surface area contributed by atoms with E-state index < -0.39 is 11.4 Å². The summed E-state index contributed by atoms with van der Waals surface area (Å²) < 4.78 is 5.39. The van der Waals surface area contributed by atoms with Gasteiger partial charge in [-0.15, -0.1) is 0 Å². The number of hydrogen-bond donors (Lipinski definition) is 1. The minimum Gasteiger partial charge on any atom is -0.481 e. The van der Waals surface area contributed by atoms with Crippen LogP contribution in [0, 0.1) is 23.2 Å². The van der Waals surface area contributed by atoms with Crippen molar-refractivity contribution in [3.05, 3.63) is 0 Å². The van der Waals surface area contributed by atoms with Gasteiger partial charge in [-0.05, 0) is 37.5 Å². The highest BCUT2D eigenvalue weighted by atomic mass is 16.5. The molecule has 1 N–H and O–H groups in total. The summed E-state index contributed by atoms with van der Waals surface area (Å²) in [5.41, 5.74) is -0.417. The lowest BCUT2D eigenvalue weighted by atomic mass is 9.64. The van der Waals surface area contributed by atoms with Crippen molar-refractivity contribution in [2.45, 2.75) is 32.1 Å². The largest absolute Gasteiger partial charge is 0.481 e. The molecular weight excluding hydrogens is 192 g/mol. The van der Waals surface area contributed by atoms with Crippen molar-refractivity contribution in [3.63, 3.8) is 0 Å². The Labute approximate surface area is 89.8 Å². The highest BCUT2D eigenvalue weighted by Gasteiger charge is 2.60. The molecule has 1 saturated heterocycles. The minimum absolute atomic E-state index is 0.283. The molecule has 0 aromatic rings. The van der Waals surface area contributed by atoms with E-state index in [1.54, 1.807) is 0 Å². The van der Waals surface area contributed by atoms with Gasteiger partial charge < -0.3 is 9.84 Å². The number of carboxylic acid groups (broad SMARTS) is 1. The normalized spacial score (nSPS) is 48.7. The molecule has 0 aromatic carbocycles. The molecule has 4 unspecified atom stereocenters. The average molecular weight is 210 g/mol. The van der Waals surface area contributed by atoms with Gasteiger partial charge in [-0.1, -0.05) is 6.42 Å². The fourth-order valence-electron chi connectivity index (χ4n) is 4.25. The van der Waals surface area contributed by atoms with E-state index in [-0.39, 0.29) is 5.92 Å². The van der Waals surface area contributed by atoms with Gasteiger partial charge in [-0.3, -0.25) is 4.79 Å². The van der Waals surface area contributed by atoms with Gasteiger partial charge in [0.2, 0.25) is 0 Å². The summed E-state index contributed by atoms with van der Waals surface area (Å²) in [6.07, 6.45) is 5.42. The summed E-state index contributed by atoms with van der Waals surface area (Å²) in [5, 5.41) is 9.59. The summed E-state index contributed by atoms with van der Waals surface area (Å²) in [6, 6.07) is 0. The SMILES string of the molecule is O=C(O)C1(C2CCOC2)CC2CCC1C2. The molecule has 3 rings (SSSR count). The van der Waals surface area contributed by atoms with Gasteiger partial charge in [0.25, 0.3) is 0 Å². The van der Waals surface area contributed by atoms with Gasteiger partial charge in [0.05, 0.1) is 12.0 Å². The molecule has 84 valence electrons. The molecule has 2 aliphatic carbocycles. The van der Waals surface area contributed by atoms with Crippen LogP contribution in [-0.4, -0.2) is 24.3 Å². The van der Waals surface area contributed by atoms with Gasteiger partial charge >= 0.3 is 5.97 Å². The Kier molecular flexibility index (Phi) is 2.06. The Morgan fingerprint density at radius 2 is 2.13 bits per heavy atom. The van der Waals surface area contributed by atoms with Gasteiger partial charge in [0.1, 0.15) is 0 Å². The minimum atomic E-state index is -0.551. The van der Waals surface area contributed by atoms with E-state index in [2.05, 4.69) is 0 Å². The number of rotatable bonds is 2. The van der Waals surface area contributed by atoms with E-state index in [4.69, 9.17) is 4.74 Å². The number of carboxylic acids is 1. The fourth-order valence-corrected chi connectivity index (χ4v) is 4.25. The third kappa shape index (κ3) is 1.19. The van der Waals surface area contributed by atoms with Gasteiger partial charge in [0.15, 0.2) is 0 Å². The first-order valence-electron chi connectivity index (χ1n) is 6.04. The zero-order valence-electron chi connectivity index (χ0n) is 8.95.